The predicted octanol–water partition coefficient (Wildman–Crippen LogP) is -0.724. The molecule has 4 nitrogen and oxygen atoms in total. The van der Waals surface area contributed by atoms with Crippen LogP contribution in [0.2, 0.25) is 0 Å². The zero-order chi connectivity index (χ0) is 7.56. The molecule has 1 aliphatic rings. The molecule has 0 radical (unpaired) electrons. The topological polar surface area (TPSA) is 61.5 Å². The molecular formula is C6H11NO3. The Kier molecular flexibility index (Phi) is 2.24. The molecule has 1 heterocycles. The maximum absolute atomic E-state index is 10.8. The first kappa shape index (κ1) is 7.50. The number of rotatable bonds is 1. The number of carbonyl (C=O) groups is 1. The van der Waals surface area contributed by atoms with Crippen LogP contribution in [0.25, 0.3) is 0 Å². The molecule has 0 aromatic rings. The van der Waals surface area contributed by atoms with Gasteiger partial charge in [0.1, 0.15) is 0 Å². The summed E-state index contributed by atoms with van der Waals surface area (Å²) in [4.78, 5) is 10.8. The van der Waals surface area contributed by atoms with Crippen molar-refractivity contribution in [3.63, 3.8) is 0 Å². The zero-order valence-electron chi connectivity index (χ0n) is 5.87. The second kappa shape index (κ2) is 2.98. The Morgan fingerprint density at radius 1 is 1.80 bits per heavy atom. The van der Waals surface area contributed by atoms with E-state index in [1.807, 2.05) is 0 Å². The zero-order valence-corrected chi connectivity index (χ0v) is 5.87. The Hall–Kier alpha value is -0.610. The summed E-state index contributed by atoms with van der Waals surface area (Å²) >= 11 is 0. The van der Waals surface area contributed by atoms with Gasteiger partial charge in [-0.3, -0.25) is 0 Å². The van der Waals surface area contributed by atoms with Crippen LogP contribution in [0.15, 0.2) is 0 Å². The molecule has 0 spiro atoms. The normalized spacial score (nSPS) is 32.2. The van der Waals surface area contributed by atoms with Gasteiger partial charge in [0.2, 0.25) is 0 Å². The molecule has 10 heavy (non-hydrogen) atoms. The van der Waals surface area contributed by atoms with Crippen molar-refractivity contribution in [1.29, 1.82) is 0 Å². The Bertz CT molecular complexity index is 137. The SMILES string of the molecule is COC(=O)[C@H]1C[C@@H](N)CO1. The Morgan fingerprint density at radius 2 is 2.50 bits per heavy atom. The van der Waals surface area contributed by atoms with Crippen molar-refractivity contribution in [2.75, 3.05) is 13.7 Å². The first-order valence-electron chi connectivity index (χ1n) is 3.19. The van der Waals surface area contributed by atoms with Gasteiger partial charge in [-0.15, -0.1) is 0 Å². The van der Waals surface area contributed by atoms with Crippen molar-refractivity contribution in [2.24, 2.45) is 5.73 Å². The van der Waals surface area contributed by atoms with Gasteiger partial charge in [-0.1, -0.05) is 0 Å². The molecule has 1 rings (SSSR count). The van der Waals surface area contributed by atoms with Crippen LogP contribution in [0.4, 0.5) is 0 Å². The number of hydrogen-bond acceptors (Lipinski definition) is 4. The third-order valence-corrected chi connectivity index (χ3v) is 1.49. The van der Waals surface area contributed by atoms with Crippen LogP contribution in [-0.2, 0) is 14.3 Å². The van der Waals surface area contributed by atoms with E-state index in [9.17, 15) is 4.79 Å². The fourth-order valence-corrected chi connectivity index (χ4v) is 0.947. The van der Waals surface area contributed by atoms with Gasteiger partial charge < -0.3 is 15.2 Å². The molecule has 0 unspecified atom stereocenters. The maximum Gasteiger partial charge on any atom is 0.335 e. The number of ether oxygens (including phenoxy) is 2. The highest BCUT2D eigenvalue weighted by Gasteiger charge is 2.29. The summed E-state index contributed by atoms with van der Waals surface area (Å²) in [5.74, 6) is -0.326. The van der Waals surface area contributed by atoms with Crippen LogP contribution in [0.3, 0.4) is 0 Å². The fraction of sp³-hybridized carbons (Fsp3) is 0.833. The number of carbonyl (C=O) groups excluding carboxylic acids is 1. The molecule has 58 valence electrons. The standard InChI is InChI=1S/C6H11NO3/c1-9-6(8)5-2-4(7)3-10-5/h4-5H,2-3,7H2,1H3/t4-,5-/m1/s1. The lowest BCUT2D eigenvalue weighted by molar-refractivity contribution is -0.151. The molecule has 0 aromatic heterocycles. The second-order valence-electron chi connectivity index (χ2n) is 2.34. The van der Waals surface area contributed by atoms with E-state index in [4.69, 9.17) is 10.5 Å². The molecule has 0 saturated carbocycles. The highest BCUT2D eigenvalue weighted by Crippen LogP contribution is 2.11. The molecule has 0 aromatic carbocycles. The van der Waals surface area contributed by atoms with Gasteiger partial charge in [0, 0.05) is 12.5 Å². The van der Waals surface area contributed by atoms with Crippen LogP contribution < -0.4 is 5.73 Å². The third-order valence-electron chi connectivity index (χ3n) is 1.49. The number of hydrogen-bond donors (Lipinski definition) is 1. The summed E-state index contributed by atoms with van der Waals surface area (Å²) in [6.45, 7) is 0.458. The molecule has 2 atom stereocenters. The summed E-state index contributed by atoms with van der Waals surface area (Å²) in [6, 6.07) is -0.0101. The van der Waals surface area contributed by atoms with E-state index in [-0.39, 0.29) is 12.0 Å². The summed E-state index contributed by atoms with van der Waals surface area (Å²) in [5.41, 5.74) is 5.48. The first-order valence-corrected chi connectivity index (χ1v) is 3.19. The molecule has 4 heteroatoms. The minimum atomic E-state index is -0.431. The van der Waals surface area contributed by atoms with Crippen molar-refractivity contribution in [2.45, 2.75) is 18.6 Å². The fourth-order valence-electron chi connectivity index (χ4n) is 0.947. The maximum atomic E-state index is 10.8. The van der Waals surface area contributed by atoms with Gasteiger partial charge >= 0.3 is 5.97 Å². The van der Waals surface area contributed by atoms with E-state index in [0.29, 0.717) is 13.0 Å². The van der Waals surface area contributed by atoms with Crippen LogP contribution in [0.5, 0.6) is 0 Å². The van der Waals surface area contributed by atoms with Gasteiger partial charge in [0.25, 0.3) is 0 Å². The largest absolute Gasteiger partial charge is 0.467 e. The minimum absolute atomic E-state index is 0.0101. The molecule has 0 bridgehead atoms. The average molecular weight is 145 g/mol. The minimum Gasteiger partial charge on any atom is -0.467 e. The number of methoxy groups -OCH3 is 1. The van der Waals surface area contributed by atoms with Crippen LogP contribution in [-0.4, -0.2) is 31.8 Å². The highest BCUT2D eigenvalue weighted by molar-refractivity contribution is 5.74. The predicted molar refractivity (Wildman–Crippen MR) is 34.3 cm³/mol. The Balaban J connectivity index is 2.37. The number of nitrogens with two attached hydrogens (primary N) is 1. The van der Waals surface area contributed by atoms with Crippen LogP contribution in [0.1, 0.15) is 6.42 Å². The average Bonchev–Trinajstić information content (AvgIpc) is 2.34. The van der Waals surface area contributed by atoms with E-state index in [2.05, 4.69) is 4.74 Å². The summed E-state index contributed by atoms with van der Waals surface area (Å²) in [6.07, 6.45) is 0.146. The van der Waals surface area contributed by atoms with Crippen molar-refractivity contribution in [3.05, 3.63) is 0 Å². The van der Waals surface area contributed by atoms with Crippen molar-refractivity contribution in [3.8, 4) is 0 Å². The van der Waals surface area contributed by atoms with E-state index in [0.717, 1.165) is 0 Å². The molecule has 1 aliphatic heterocycles. The van der Waals surface area contributed by atoms with Gasteiger partial charge in [-0.2, -0.15) is 0 Å². The first-order chi connectivity index (χ1) is 4.74. The lowest BCUT2D eigenvalue weighted by atomic mass is 10.2. The van der Waals surface area contributed by atoms with Gasteiger partial charge in [-0.25, -0.2) is 4.79 Å². The van der Waals surface area contributed by atoms with Gasteiger partial charge in [0.15, 0.2) is 6.10 Å². The van der Waals surface area contributed by atoms with E-state index >= 15 is 0 Å². The van der Waals surface area contributed by atoms with Crippen molar-refractivity contribution >= 4 is 5.97 Å². The number of esters is 1. The van der Waals surface area contributed by atoms with E-state index < -0.39 is 6.10 Å². The van der Waals surface area contributed by atoms with E-state index in [1.165, 1.54) is 7.11 Å². The Labute approximate surface area is 59.3 Å². The third kappa shape index (κ3) is 1.46. The monoisotopic (exact) mass is 145 g/mol. The lowest BCUT2D eigenvalue weighted by Crippen LogP contribution is -2.23. The quantitative estimate of drug-likeness (QED) is 0.494. The molecule has 2 N–H and O–H groups in total. The Morgan fingerprint density at radius 3 is 2.90 bits per heavy atom. The van der Waals surface area contributed by atoms with Crippen LogP contribution in [0, 0.1) is 0 Å². The smallest absolute Gasteiger partial charge is 0.335 e. The van der Waals surface area contributed by atoms with Gasteiger partial charge in [-0.05, 0) is 0 Å². The summed E-state index contributed by atoms with van der Waals surface area (Å²) in [5, 5.41) is 0. The lowest BCUT2D eigenvalue weighted by Gasteiger charge is -2.04. The highest BCUT2D eigenvalue weighted by atomic mass is 16.6. The summed E-state index contributed by atoms with van der Waals surface area (Å²) in [7, 11) is 1.34. The van der Waals surface area contributed by atoms with Crippen LogP contribution >= 0.6 is 0 Å². The van der Waals surface area contributed by atoms with Crippen molar-refractivity contribution < 1.29 is 14.3 Å². The molecule has 0 amide bonds. The molecule has 1 saturated heterocycles. The molecule has 0 aliphatic carbocycles. The second-order valence-corrected chi connectivity index (χ2v) is 2.34. The molecule has 1 fully saturated rings. The van der Waals surface area contributed by atoms with E-state index in [1.54, 1.807) is 0 Å². The summed E-state index contributed by atoms with van der Waals surface area (Å²) < 4.78 is 9.48. The van der Waals surface area contributed by atoms with Crippen molar-refractivity contribution in [1.82, 2.24) is 0 Å². The molecular weight excluding hydrogens is 134 g/mol. The van der Waals surface area contributed by atoms with Gasteiger partial charge in [0.05, 0.1) is 13.7 Å².